The number of hydrogen-bond acceptors (Lipinski definition) is 5. The van der Waals surface area contributed by atoms with Crippen LogP contribution in [0.3, 0.4) is 0 Å². The number of anilines is 1. The van der Waals surface area contributed by atoms with Crippen LogP contribution in [0.2, 0.25) is 0 Å². The van der Waals surface area contributed by atoms with Crippen LogP contribution in [0.4, 0.5) is 5.69 Å². The van der Waals surface area contributed by atoms with Crippen molar-refractivity contribution in [3.8, 4) is 0 Å². The molecule has 3 N–H and O–H groups in total. The summed E-state index contributed by atoms with van der Waals surface area (Å²) in [5, 5.41) is 10.2. The number of amides is 1. The van der Waals surface area contributed by atoms with Gasteiger partial charge < -0.3 is 20.5 Å². The summed E-state index contributed by atoms with van der Waals surface area (Å²) in [4.78, 5) is 15.1. The van der Waals surface area contributed by atoms with Gasteiger partial charge in [-0.25, -0.2) is 0 Å². The first-order valence-corrected chi connectivity index (χ1v) is 7.74. The summed E-state index contributed by atoms with van der Waals surface area (Å²) in [6, 6.07) is 7.72. The molecule has 1 aliphatic rings. The van der Waals surface area contributed by atoms with Gasteiger partial charge in [-0.3, -0.25) is 4.79 Å². The lowest BCUT2D eigenvalue weighted by Crippen LogP contribution is -2.51. The van der Waals surface area contributed by atoms with Gasteiger partial charge in [0.1, 0.15) is 4.88 Å². The summed E-state index contributed by atoms with van der Waals surface area (Å²) < 4.78 is 6.49. The van der Waals surface area contributed by atoms with Gasteiger partial charge in [0.15, 0.2) is 0 Å². The fourth-order valence-electron chi connectivity index (χ4n) is 2.57. The molecule has 1 fully saturated rings. The average molecular weight is 306 g/mol. The quantitative estimate of drug-likeness (QED) is 0.885. The number of thiophene rings is 1. The van der Waals surface area contributed by atoms with E-state index in [0.29, 0.717) is 23.7 Å². The van der Waals surface area contributed by atoms with Crippen LogP contribution in [0.5, 0.6) is 0 Å². The Hall–Kier alpha value is -1.63. The van der Waals surface area contributed by atoms with Gasteiger partial charge in [-0.15, -0.1) is 11.3 Å². The number of carbonyl (C=O) groups excluding carboxylic acids is 1. The van der Waals surface area contributed by atoms with Crippen LogP contribution < -0.4 is 5.73 Å². The van der Waals surface area contributed by atoms with E-state index >= 15 is 0 Å². The fraction of sp³-hybridized carbons (Fsp3) is 0.400. The minimum atomic E-state index is -0.319. The monoisotopic (exact) mass is 306 g/mol. The summed E-state index contributed by atoms with van der Waals surface area (Å²) in [6.45, 7) is 2.68. The number of nitrogens with two attached hydrogens (primary N) is 1. The second kappa shape index (κ2) is 5.63. The maximum atomic E-state index is 12.8. The number of aliphatic hydroxyl groups is 1. The van der Waals surface area contributed by atoms with Crippen LogP contribution >= 0.6 is 11.3 Å². The first-order valence-electron chi connectivity index (χ1n) is 6.92. The highest BCUT2D eigenvalue weighted by molar-refractivity contribution is 7.21. The van der Waals surface area contributed by atoms with E-state index in [2.05, 4.69) is 0 Å². The molecule has 1 amide bonds. The minimum Gasteiger partial charge on any atom is -0.397 e. The third-order valence-electron chi connectivity index (χ3n) is 3.80. The normalized spacial score (nSPS) is 22.7. The van der Waals surface area contributed by atoms with Crippen molar-refractivity contribution in [2.75, 3.05) is 25.5 Å². The number of ether oxygens (including phenoxy) is 1. The Kier molecular flexibility index (Phi) is 3.84. The summed E-state index contributed by atoms with van der Waals surface area (Å²) in [7, 11) is 0. The zero-order chi connectivity index (χ0) is 15.0. The Balaban J connectivity index is 1.94. The lowest BCUT2D eigenvalue weighted by molar-refractivity contribution is -0.0666. The molecular weight excluding hydrogens is 288 g/mol. The topological polar surface area (TPSA) is 75.8 Å². The van der Waals surface area contributed by atoms with Crippen molar-refractivity contribution in [1.82, 2.24) is 4.90 Å². The third-order valence-corrected chi connectivity index (χ3v) is 4.97. The first kappa shape index (κ1) is 14.3. The highest BCUT2D eigenvalue weighted by atomic mass is 32.1. The maximum absolute atomic E-state index is 12.8. The van der Waals surface area contributed by atoms with E-state index in [4.69, 9.17) is 10.5 Å². The van der Waals surface area contributed by atoms with E-state index in [1.165, 1.54) is 11.3 Å². The van der Waals surface area contributed by atoms with Crippen LogP contribution in [-0.4, -0.2) is 47.8 Å². The molecule has 0 spiro atoms. The Morgan fingerprint density at radius 2 is 2.29 bits per heavy atom. The molecule has 1 saturated heterocycles. The van der Waals surface area contributed by atoms with Crippen LogP contribution in [-0.2, 0) is 4.74 Å². The van der Waals surface area contributed by atoms with Crippen molar-refractivity contribution < 1.29 is 14.6 Å². The Morgan fingerprint density at radius 3 is 3.00 bits per heavy atom. The van der Waals surface area contributed by atoms with E-state index in [-0.39, 0.29) is 24.7 Å². The summed E-state index contributed by atoms with van der Waals surface area (Å²) >= 11 is 1.42. The predicted molar refractivity (Wildman–Crippen MR) is 83.6 cm³/mol. The Labute approximate surface area is 126 Å². The van der Waals surface area contributed by atoms with Crippen molar-refractivity contribution in [2.24, 2.45) is 0 Å². The molecule has 0 saturated carbocycles. The van der Waals surface area contributed by atoms with Crippen LogP contribution in [0.25, 0.3) is 10.1 Å². The summed E-state index contributed by atoms with van der Waals surface area (Å²) in [6.07, 6.45) is -0.319. The van der Waals surface area contributed by atoms with Gasteiger partial charge in [-0.05, 0) is 13.0 Å². The van der Waals surface area contributed by atoms with Crippen LogP contribution in [0.15, 0.2) is 24.3 Å². The van der Waals surface area contributed by atoms with Gasteiger partial charge in [0.25, 0.3) is 5.91 Å². The van der Waals surface area contributed by atoms with Gasteiger partial charge in [0.2, 0.25) is 0 Å². The molecule has 1 aliphatic heterocycles. The molecule has 0 bridgehead atoms. The number of nitrogen functional groups attached to an aromatic ring is 1. The number of fused-ring (bicyclic) bond motifs is 1. The SMILES string of the molecule is CC1COC(CO)CN1C(=O)c1sc2ccccc2c1N. The second-order valence-electron chi connectivity index (χ2n) is 5.29. The average Bonchev–Trinajstić information content (AvgIpc) is 2.85. The molecule has 2 heterocycles. The molecule has 6 heteroatoms. The molecule has 0 aliphatic carbocycles. The second-order valence-corrected chi connectivity index (χ2v) is 6.34. The maximum Gasteiger partial charge on any atom is 0.266 e. The van der Waals surface area contributed by atoms with Gasteiger partial charge in [0.05, 0.1) is 31.0 Å². The first-order chi connectivity index (χ1) is 10.1. The number of morpholine rings is 1. The fourth-order valence-corrected chi connectivity index (χ4v) is 3.64. The van der Waals surface area contributed by atoms with Gasteiger partial charge in [-0.2, -0.15) is 0 Å². The molecular formula is C15H18N2O3S. The lowest BCUT2D eigenvalue weighted by Gasteiger charge is -2.37. The largest absolute Gasteiger partial charge is 0.397 e. The molecule has 5 nitrogen and oxygen atoms in total. The van der Waals surface area contributed by atoms with Crippen molar-refractivity contribution >= 4 is 33.0 Å². The third kappa shape index (κ3) is 2.50. The van der Waals surface area contributed by atoms with E-state index in [9.17, 15) is 9.90 Å². The Morgan fingerprint density at radius 1 is 1.52 bits per heavy atom. The molecule has 3 rings (SSSR count). The molecule has 21 heavy (non-hydrogen) atoms. The number of rotatable bonds is 2. The molecule has 0 radical (unpaired) electrons. The van der Waals surface area contributed by atoms with Crippen LogP contribution in [0, 0.1) is 0 Å². The number of hydrogen-bond donors (Lipinski definition) is 2. The Bertz CT molecular complexity index is 670. The molecule has 2 aromatic rings. The standard InChI is InChI=1S/C15H18N2O3S/c1-9-8-20-10(7-18)6-17(9)15(19)14-13(16)11-4-2-3-5-12(11)21-14/h2-5,9-10,18H,6-8,16H2,1H3. The van der Waals surface area contributed by atoms with E-state index < -0.39 is 0 Å². The smallest absolute Gasteiger partial charge is 0.266 e. The zero-order valence-corrected chi connectivity index (χ0v) is 12.6. The highest BCUT2D eigenvalue weighted by Crippen LogP contribution is 2.34. The van der Waals surface area contributed by atoms with E-state index in [1.54, 1.807) is 4.90 Å². The molecule has 112 valence electrons. The van der Waals surface area contributed by atoms with Crippen molar-refractivity contribution in [3.05, 3.63) is 29.1 Å². The van der Waals surface area contributed by atoms with E-state index in [1.807, 2.05) is 31.2 Å². The number of carbonyl (C=O) groups is 1. The molecule has 2 atom stereocenters. The molecule has 2 unspecified atom stereocenters. The number of nitrogens with zero attached hydrogens (tertiary/aromatic N) is 1. The summed E-state index contributed by atoms with van der Waals surface area (Å²) in [5.74, 6) is -0.0806. The van der Waals surface area contributed by atoms with Gasteiger partial charge >= 0.3 is 0 Å². The lowest BCUT2D eigenvalue weighted by atomic mass is 10.1. The highest BCUT2D eigenvalue weighted by Gasteiger charge is 2.31. The van der Waals surface area contributed by atoms with E-state index in [0.717, 1.165) is 10.1 Å². The number of benzene rings is 1. The van der Waals surface area contributed by atoms with Crippen molar-refractivity contribution in [1.29, 1.82) is 0 Å². The molecule has 1 aromatic heterocycles. The minimum absolute atomic E-state index is 0.0232. The van der Waals surface area contributed by atoms with Crippen molar-refractivity contribution in [3.63, 3.8) is 0 Å². The van der Waals surface area contributed by atoms with Crippen molar-refractivity contribution in [2.45, 2.75) is 19.1 Å². The van der Waals surface area contributed by atoms with Gasteiger partial charge in [0, 0.05) is 16.6 Å². The molecule has 1 aromatic carbocycles. The predicted octanol–water partition coefficient (Wildman–Crippen LogP) is 1.71. The number of aliphatic hydroxyl groups excluding tert-OH is 1. The zero-order valence-electron chi connectivity index (χ0n) is 11.8. The van der Waals surface area contributed by atoms with Gasteiger partial charge in [-0.1, -0.05) is 18.2 Å². The summed E-state index contributed by atoms with van der Waals surface area (Å²) in [5.41, 5.74) is 6.68. The van der Waals surface area contributed by atoms with Crippen LogP contribution in [0.1, 0.15) is 16.6 Å².